The van der Waals surface area contributed by atoms with E-state index in [4.69, 9.17) is 5.11 Å². The maximum absolute atomic E-state index is 10.8. The Hall–Kier alpha value is -1.36. The van der Waals surface area contributed by atoms with Crippen LogP contribution in [0.25, 0.3) is 0 Å². The van der Waals surface area contributed by atoms with Crippen LogP contribution in [-0.2, 0) is 11.3 Å². The van der Waals surface area contributed by atoms with Gasteiger partial charge in [-0.3, -0.25) is 4.79 Å². The van der Waals surface area contributed by atoms with Gasteiger partial charge >= 0.3 is 5.97 Å². The minimum Gasteiger partial charge on any atom is -0.481 e. The molecule has 0 aromatic carbocycles. The number of carboxylic acids is 1. The summed E-state index contributed by atoms with van der Waals surface area (Å²) in [6.45, 7) is 5.99. The van der Waals surface area contributed by atoms with Crippen LogP contribution in [-0.4, -0.2) is 25.7 Å². The number of aliphatic hydroxyl groups is 1. The van der Waals surface area contributed by atoms with Crippen LogP contribution in [0, 0.1) is 11.8 Å². The van der Waals surface area contributed by atoms with Crippen LogP contribution in [0.2, 0.25) is 0 Å². The molecule has 90 valence electrons. The highest BCUT2D eigenvalue weighted by Crippen LogP contribution is 2.27. The van der Waals surface area contributed by atoms with E-state index < -0.39 is 18.0 Å². The lowest BCUT2D eigenvalue weighted by molar-refractivity contribution is -0.144. The van der Waals surface area contributed by atoms with Gasteiger partial charge in [-0.25, -0.2) is 4.98 Å². The lowest BCUT2D eigenvalue weighted by atomic mass is 9.89. The molecule has 0 aliphatic heterocycles. The maximum atomic E-state index is 10.8. The maximum Gasteiger partial charge on any atom is 0.306 e. The molecule has 1 aromatic rings. The molecule has 1 heterocycles. The Labute approximate surface area is 94.7 Å². The quantitative estimate of drug-likeness (QED) is 0.793. The number of aliphatic hydroxyl groups excluding tert-OH is 1. The fourth-order valence-corrected chi connectivity index (χ4v) is 1.61. The molecule has 16 heavy (non-hydrogen) atoms. The minimum atomic E-state index is -0.894. The number of hydrogen-bond donors (Lipinski definition) is 2. The summed E-state index contributed by atoms with van der Waals surface area (Å²) in [6.07, 6.45) is 2.42. The third-order valence-corrected chi connectivity index (χ3v) is 3.06. The van der Waals surface area contributed by atoms with Gasteiger partial charge in [-0.2, -0.15) is 0 Å². The van der Waals surface area contributed by atoms with Crippen LogP contribution in [0.5, 0.6) is 0 Å². The SMILES string of the molecule is CCn1cncc1C(O)C(C)C(C)C(=O)O. The molecule has 3 atom stereocenters. The molecule has 0 spiro atoms. The molecule has 0 bridgehead atoms. The van der Waals surface area contributed by atoms with E-state index in [1.165, 1.54) is 0 Å². The van der Waals surface area contributed by atoms with Gasteiger partial charge in [-0.05, 0) is 6.92 Å². The van der Waals surface area contributed by atoms with Gasteiger partial charge in [-0.1, -0.05) is 13.8 Å². The fourth-order valence-electron chi connectivity index (χ4n) is 1.61. The predicted molar refractivity (Wildman–Crippen MR) is 58.8 cm³/mol. The first-order valence-corrected chi connectivity index (χ1v) is 5.39. The first kappa shape index (κ1) is 12.7. The van der Waals surface area contributed by atoms with E-state index >= 15 is 0 Å². The molecular formula is C11H18N2O3. The largest absolute Gasteiger partial charge is 0.481 e. The number of carbonyl (C=O) groups is 1. The van der Waals surface area contributed by atoms with Gasteiger partial charge in [0.2, 0.25) is 0 Å². The molecule has 0 aliphatic carbocycles. The molecule has 2 N–H and O–H groups in total. The molecule has 3 unspecified atom stereocenters. The van der Waals surface area contributed by atoms with E-state index in [9.17, 15) is 9.90 Å². The zero-order valence-corrected chi connectivity index (χ0v) is 9.79. The molecule has 0 amide bonds. The second kappa shape index (κ2) is 5.12. The Morgan fingerprint density at radius 1 is 1.56 bits per heavy atom. The average Bonchev–Trinajstić information content (AvgIpc) is 2.73. The Morgan fingerprint density at radius 2 is 2.19 bits per heavy atom. The van der Waals surface area contributed by atoms with Crippen molar-refractivity contribution in [3.8, 4) is 0 Å². The highest BCUT2D eigenvalue weighted by Gasteiger charge is 2.28. The van der Waals surface area contributed by atoms with Gasteiger partial charge in [0.25, 0.3) is 0 Å². The van der Waals surface area contributed by atoms with E-state index in [1.54, 1.807) is 26.4 Å². The molecule has 5 heteroatoms. The van der Waals surface area contributed by atoms with E-state index in [1.807, 2.05) is 11.5 Å². The van der Waals surface area contributed by atoms with Crippen LogP contribution < -0.4 is 0 Å². The van der Waals surface area contributed by atoms with E-state index in [-0.39, 0.29) is 5.92 Å². The van der Waals surface area contributed by atoms with Crippen molar-refractivity contribution >= 4 is 5.97 Å². The van der Waals surface area contributed by atoms with E-state index in [0.29, 0.717) is 12.2 Å². The summed E-state index contributed by atoms with van der Waals surface area (Å²) in [4.78, 5) is 14.8. The van der Waals surface area contributed by atoms with Gasteiger partial charge in [0.1, 0.15) is 0 Å². The molecular weight excluding hydrogens is 208 g/mol. The first-order chi connectivity index (χ1) is 7.49. The van der Waals surface area contributed by atoms with Crippen LogP contribution in [0.4, 0.5) is 0 Å². The third-order valence-electron chi connectivity index (χ3n) is 3.06. The summed E-state index contributed by atoms with van der Waals surface area (Å²) < 4.78 is 1.82. The topological polar surface area (TPSA) is 75.3 Å². The van der Waals surface area contributed by atoms with Crippen molar-refractivity contribution in [2.45, 2.75) is 33.4 Å². The number of aliphatic carboxylic acids is 1. The van der Waals surface area contributed by atoms with E-state index in [0.717, 1.165) is 0 Å². The number of carboxylic acid groups (broad SMARTS) is 1. The molecule has 0 saturated carbocycles. The number of hydrogen-bond acceptors (Lipinski definition) is 3. The monoisotopic (exact) mass is 226 g/mol. The third kappa shape index (κ3) is 2.41. The second-order valence-corrected chi connectivity index (χ2v) is 4.04. The summed E-state index contributed by atoms with van der Waals surface area (Å²) in [5, 5.41) is 19.0. The van der Waals surface area contributed by atoms with Crippen molar-refractivity contribution in [3.63, 3.8) is 0 Å². The predicted octanol–water partition coefficient (Wildman–Crippen LogP) is 1.29. The normalized spacial score (nSPS) is 16.8. The summed E-state index contributed by atoms with van der Waals surface area (Å²) in [6, 6.07) is 0. The smallest absolute Gasteiger partial charge is 0.306 e. The number of nitrogens with zero attached hydrogens (tertiary/aromatic N) is 2. The molecule has 0 aliphatic rings. The lowest BCUT2D eigenvalue weighted by Crippen LogP contribution is -2.25. The zero-order chi connectivity index (χ0) is 12.3. The van der Waals surface area contributed by atoms with Crippen LogP contribution >= 0.6 is 0 Å². The standard InChI is InChI=1S/C11H18N2O3/c1-4-13-6-12-5-9(13)10(14)7(2)8(3)11(15)16/h5-8,10,14H,4H2,1-3H3,(H,15,16). The molecule has 5 nitrogen and oxygen atoms in total. The number of imidazole rings is 1. The summed E-state index contributed by atoms with van der Waals surface area (Å²) >= 11 is 0. The molecule has 1 aromatic heterocycles. The number of aromatic nitrogens is 2. The van der Waals surface area contributed by atoms with Crippen LogP contribution in [0.1, 0.15) is 32.6 Å². The minimum absolute atomic E-state index is 0.348. The van der Waals surface area contributed by atoms with Crippen molar-refractivity contribution in [1.82, 2.24) is 9.55 Å². The van der Waals surface area contributed by atoms with Crippen molar-refractivity contribution in [3.05, 3.63) is 18.2 Å². The van der Waals surface area contributed by atoms with Crippen LogP contribution in [0.15, 0.2) is 12.5 Å². The highest BCUT2D eigenvalue weighted by atomic mass is 16.4. The summed E-state index contributed by atoms with van der Waals surface area (Å²) in [7, 11) is 0. The lowest BCUT2D eigenvalue weighted by Gasteiger charge is -2.22. The average molecular weight is 226 g/mol. The number of rotatable bonds is 5. The van der Waals surface area contributed by atoms with Crippen molar-refractivity contribution in [2.75, 3.05) is 0 Å². The Morgan fingerprint density at radius 3 is 2.69 bits per heavy atom. The summed E-state index contributed by atoms with van der Waals surface area (Å²) in [5.74, 6) is -1.83. The fraction of sp³-hybridized carbons (Fsp3) is 0.636. The summed E-state index contributed by atoms with van der Waals surface area (Å²) in [5.41, 5.74) is 0.670. The van der Waals surface area contributed by atoms with Gasteiger partial charge in [-0.15, -0.1) is 0 Å². The molecule has 0 fully saturated rings. The first-order valence-electron chi connectivity index (χ1n) is 5.39. The van der Waals surface area contributed by atoms with E-state index in [2.05, 4.69) is 4.98 Å². The molecule has 1 rings (SSSR count). The van der Waals surface area contributed by atoms with Crippen molar-refractivity contribution < 1.29 is 15.0 Å². The Bertz CT molecular complexity index is 362. The van der Waals surface area contributed by atoms with Gasteiger partial charge < -0.3 is 14.8 Å². The second-order valence-electron chi connectivity index (χ2n) is 4.04. The van der Waals surface area contributed by atoms with Gasteiger partial charge in [0.05, 0.1) is 30.2 Å². The Balaban J connectivity index is 2.85. The number of aryl methyl sites for hydroxylation is 1. The van der Waals surface area contributed by atoms with Crippen molar-refractivity contribution in [1.29, 1.82) is 0 Å². The van der Waals surface area contributed by atoms with Crippen molar-refractivity contribution in [2.24, 2.45) is 11.8 Å². The zero-order valence-electron chi connectivity index (χ0n) is 9.79. The Kier molecular flexibility index (Phi) is 4.06. The molecule has 0 saturated heterocycles. The molecule has 0 radical (unpaired) electrons. The van der Waals surface area contributed by atoms with Crippen LogP contribution in [0.3, 0.4) is 0 Å². The highest BCUT2D eigenvalue weighted by molar-refractivity contribution is 5.69. The van der Waals surface area contributed by atoms with Gasteiger partial charge in [0, 0.05) is 12.5 Å². The van der Waals surface area contributed by atoms with Gasteiger partial charge in [0.15, 0.2) is 0 Å².